The Balaban J connectivity index is 1.70. The molecule has 0 unspecified atom stereocenters. The van der Waals surface area contributed by atoms with Crippen molar-refractivity contribution in [1.82, 2.24) is 0 Å². The van der Waals surface area contributed by atoms with Gasteiger partial charge in [-0.1, -0.05) is 22.9 Å². The summed E-state index contributed by atoms with van der Waals surface area (Å²) >= 11 is 3.45. The molecular formula is C20H21BrN2O3. The topological polar surface area (TPSA) is 58.6 Å². The van der Waals surface area contributed by atoms with E-state index in [4.69, 9.17) is 4.74 Å². The Morgan fingerprint density at radius 3 is 2.65 bits per heavy atom. The first-order chi connectivity index (χ1) is 12.5. The van der Waals surface area contributed by atoms with Gasteiger partial charge in [0.05, 0.1) is 13.0 Å². The number of anilines is 2. The van der Waals surface area contributed by atoms with Crippen LogP contribution < -0.4 is 15.0 Å². The summed E-state index contributed by atoms with van der Waals surface area (Å²) < 4.78 is 6.12. The van der Waals surface area contributed by atoms with Gasteiger partial charge in [0.25, 0.3) is 0 Å². The molecule has 3 rings (SSSR count). The molecule has 1 aliphatic rings. The quantitative estimate of drug-likeness (QED) is 0.800. The van der Waals surface area contributed by atoms with Gasteiger partial charge < -0.3 is 15.0 Å². The molecule has 1 heterocycles. The third kappa shape index (κ3) is 3.90. The van der Waals surface area contributed by atoms with Crippen molar-refractivity contribution in [1.29, 1.82) is 0 Å². The second kappa shape index (κ2) is 7.91. The van der Waals surface area contributed by atoms with Gasteiger partial charge in [-0.05, 0) is 54.4 Å². The Bertz CT molecular complexity index is 820. The van der Waals surface area contributed by atoms with Crippen molar-refractivity contribution in [3.63, 3.8) is 0 Å². The summed E-state index contributed by atoms with van der Waals surface area (Å²) in [7, 11) is 1.60. The number of carbonyl (C=O) groups is 2. The van der Waals surface area contributed by atoms with Crippen molar-refractivity contribution >= 4 is 39.1 Å². The molecule has 2 aromatic rings. The van der Waals surface area contributed by atoms with E-state index in [2.05, 4.69) is 21.2 Å². The Morgan fingerprint density at radius 2 is 2.00 bits per heavy atom. The molecule has 0 aliphatic carbocycles. The monoisotopic (exact) mass is 416 g/mol. The van der Waals surface area contributed by atoms with Gasteiger partial charge >= 0.3 is 0 Å². The molecule has 0 spiro atoms. The predicted molar refractivity (Wildman–Crippen MR) is 106 cm³/mol. The molecule has 136 valence electrons. The van der Waals surface area contributed by atoms with Gasteiger partial charge in [-0.3, -0.25) is 9.59 Å². The highest BCUT2D eigenvalue weighted by Crippen LogP contribution is 2.28. The highest BCUT2D eigenvalue weighted by molar-refractivity contribution is 9.10. The molecule has 6 heteroatoms. The van der Waals surface area contributed by atoms with Gasteiger partial charge in [0.15, 0.2) is 0 Å². The minimum absolute atomic E-state index is 0.0400. The van der Waals surface area contributed by atoms with Gasteiger partial charge in [0.1, 0.15) is 5.75 Å². The molecule has 5 nitrogen and oxygen atoms in total. The maximum Gasteiger partial charge on any atom is 0.229 e. The van der Waals surface area contributed by atoms with Crippen LogP contribution in [0.5, 0.6) is 5.75 Å². The predicted octanol–water partition coefficient (Wildman–Crippen LogP) is 4.01. The summed E-state index contributed by atoms with van der Waals surface area (Å²) in [6, 6.07) is 13.1. The average molecular weight is 417 g/mol. The molecule has 1 fully saturated rings. The molecule has 1 N–H and O–H groups in total. The molecule has 2 aromatic carbocycles. The molecular weight excluding hydrogens is 396 g/mol. The number of aryl methyl sites for hydroxylation is 1. The second-order valence-electron chi connectivity index (χ2n) is 6.25. The van der Waals surface area contributed by atoms with Gasteiger partial charge in [-0.25, -0.2) is 0 Å². The summed E-state index contributed by atoms with van der Waals surface area (Å²) in [5.74, 6) is 0.211. The molecule has 0 saturated carbocycles. The number of hydrogen-bond acceptors (Lipinski definition) is 3. The number of benzene rings is 2. The second-order valence-corrected chi connectivity index (χ2v) is 7.16. The maximum atomic E-state index is 12.7. The zero-order valence-corrected chi connectivity index (χ0v) is 16.4. The number of methoxy groups -OCH3 is 1. The van der Waals surface area contributed by atoms with E-state index >= 15 is 0 Å². The van der Waals surface area contributed by atoms with Crippen molar-refractivity contribution in [2.75, 3.05) is 23.9 Å². The maximum absolute atomic E-state index is 12.7. The van der Waals surface area contributed by atoms with Crippen LogP contribution >= 0.6 is 15.9 Å². The van der Waals surface area contributed by atoms with E-state index < -0.39 is 0 Å². The van der Waals surface area contributed by atoms with Crippen LogP contribution in [-0.2, 0) is 16.0 Å². The lowest BCUT2D eigenvalue weighted by Crippen LogP contribution is -2.28. The molecule has 1 saturated heterocycles. The third-order valence-corrected chi connectivity index (χ3v) is 5.08. The molecule has 0 bridgehead atoms. The van der Waals surface area contributed by atoms with Crippen LogP contribution in [0.1, 0.15) is 18.9 Å². The zero-order chi connectivity index (χ0) is 18.7. The van der Waals surface area contributed by atoms with Crippen molar-refractivity contribution < 1.29 is 14.3 Å². The van der Waals surface area contributed by atoms with Crippen LogP contribution in [-0.4, -0.2) is 25.5 Å². The van der Waals surface area contributed by atoms with Crippen molar-refractivity contribution in [3.8, 4) is 5.75 Å². The first kappa shape index (κ1) is 18.5. The fourth-order valence-electron chi connectivity index (χ4n) is 3.11. The van der Waals surface area contributed by atoms with E-state index in [1.165, 1.54) is 0 Å². The normalized spacial score (nSPS) is 16.7. The van der Waals surface area contributed by atoms with Gasteiger partial charge in [-0.15, -0.1) is 0 Å². The standard InChI is InChI=1S/C20H21BrN2O3/c1-3-13-10-15(21)4-9-18(13)22-20(25)14-11-19(24)23(12-14)16-5-7-17(26-2)8-6-16/h4-10,14H,3,11-12H2,1-2H3,(H,22,25)/t14-/m0/s1. The Hall–Kier alpha value is -2.34. The summed E-state index contributed by atoms with van der Waals surface area (Å²) in [4.78, 5) is 26.7. The van der Waals surface area contributed by atoms with Crippen LogP contribution in [0.25, 0.3) is 0 Å². The van der Waals surface area contributed by atoms with E-state index in [1.807, 2.05) is 49.4 Å². The zero-order valence-electron chi connectivity index (χ0n) is 14.8. The van der Waals surface area contributed by atoms with E-state index in [0.29, 0.717) is 6.54 Å². The number of nitrogens with one attached hydrogen (secondary N) is 1. The number of rotatable bonds is 5. The van der Waals surface area contributed by atoms with E-state index in [-0.39, 0.29) is 24.2 Å². The van der Waals surface area contributed by atoms with Crippen LogP contribution in [0.3, 0.4) is 0 Å². The fraction of sp³-hybridized carbons (Fsp3) is 0.300. The first-order valence-electron chi connectivity index (χ1n) is 8.55. The Morgan fingerprint density at radius 1 is 1.27 bits per heavy atom. The van der Waals surface area contributed by atoms with Crippen LogP contribution in [0.15, 0.2) is 46.9 Å². The molecule has 1 atom stereocenters. The minimum Gasteiger partial charge on any atom is -0.497 e. The fourth-order valence-corrected chi connectivity index (χ4v) is 3.51. The summed E-state index contributed by atoms with van der Waals surface area (Å²) in [6.07, 6.45) is 1.03. The van der Waals surface area contributed by atoms with E-state index in [1.54, 1.807) is 12.0 Å². The lowest BCUT2D eigenvalue weighted by Gasteiger charge is -2.17. The third-order valence-electron chi connectivity index (χ3n) is 4.59. The molecule has 26 heavy (non-hydrogen) atoms. The number of halogens is 1. The summed E-state index contributed by atoms with van der Waals surface area (Å²) in [6.45, 7) is 2.43. The average Bonchev–Trinajstić information content (AvgIpc) is 3.05. The van der Waals surface area contributed by atoms with E-state index in [0.717, 1.165) is 33.6 Å². The highest BCUT2D eigenvalue weighted by atomic mass is 79.9. The van der Waals surface area contributed by atoms with Crippen molar-refractivity contribution in [2.24, 2.45) is 5.92 Å². The minimum atomic E-state index is -0.363. The Kier molecular flexibility index (Phi) is 5.61. The van der Waals surface area contributed by atoms with Gasteiger partial charge in [0, 0.05) is 28.8 Å². The molecule has 2 amide bonds. The number of amides is 2. The lowest BCUT2D eigenvalue weighted by atomic mass is 10.1. The molecule has 1 aliphatic heterocycles. The number of ether oxygens (including phenoxy) is 1. The summed E-state index contributed by atoms with van der Waals surface area (Å²) in [5, 5.41) is 2.98. The van der Waals surface area contributed by atoms with Crippen molar-refractivity contribution in [2.45, 2.75) is 19.8 Å². The number of carbonyl (C=O) groups excluding carboxylic acids is 2. The van der Waals surface area contributed by atoms with Crippen LogP contribution in [0, 0.1) is 5.92 Å². The smallest absolute Gasteiger partial charge is 0.229 e. The summed E-state index contributed by atoms with van der Waals surface area (Å²) in [5.41, 5.74) is 2.64. The SMILES string of the molecule is CCc1cc(Br)ccc1NC(=O)[C@H]1CC(=O)N(c2ccc(OC)cc2)C1. The highest BCUT2D eigenvalue weighted by Gasteiger charge is 2.35. The lowest BCUT2D eigenvalue weighted by molar-refractivity contribution is -0.122. The van der Waals surface area contributed by atoms with E-state index in [9.17, 15) is 9.59 Å². The number of nitrogens with zero attached hydrogens (tertiary/aromatic N) is 1. The Labute approximate surface area is 161 Å². The van der Waals surface area contributed by atoms with Crippen molar-refractivity contribution in [3.05, 3.63) is 52.5 Å². The van der Waals surface area contributed by atoms with Crippen LogP contribution in [0.2, 0.25) is 0 Å². The molecule has 0 aromatic heterocycles. The largest absolute Gasteiger partial charge is 0.497 e. The van der Waals surface area contributed by atoms with Crippen LogP contribution in [0.4, 0.5) is 11.4 Å². The molecule has 0 radical (unpaired) electrons. The van der Waals surface area contributed by atoms with Gasteiger partial charge in [-0.2, -0.15) is 0 Å². The van der Waals surface area contributed by atoms with Gasteiger partial charge in [0.2, 0.25) is 11.8 Å². The first-order valence-corrected chi connectivity index (χ1v) is 9.34. The number of hydrogen-bond donors (Lipinski definition) is 1.